The lowest BCUT2D eigenvalue weighted by molar-refractivity contribution is 0.592. The number of nitrogens with zero attached hydrogens (tertiary/aromatic N) is 4. The van der Waals surface area contributed by atoms with Crippen LogP contribution in [0.4, 0.5) is 5.82 Å². The Bertz CT molecular complexity index is 1530. The minimum absolute atomic E-state index is 0.0393. The smallest absolute Gasteiger partial charge is 0.229 e. The van der Waals surface area contributed by atoms with Gasteiger partial charge >= 0.3 is 0 Å². The second-order valence-corrected chi connectivity index (χ2v) is 9.57. The Hall–Kier alpha value is -3.78. The lowest BCUT2D eigenvalue weighted by atomic mass is 10.1. The van der Waals surface area contributed by atoms with Crippen molar-refractivity contribution in [3.05, 3.63) is 90.0 Å². The summed E-state index contributed by atoms with van der Waals surface area (Å²) in [6.45, 7) is 3.94. The Morgan fingerprint density at radius 2 is 1.59 bits per heavy atom. The molecule has 0 radical (unpaired) electrons. The summed E-state index contributed by atoms with van der Waals surface area (Å²) < 4.78 is 28.2. The van der Waals surface area contributed by atoms with E-state index in [1.165, 1.54) is 4.52 Å². The van der Waals surface area contributed by atoms with Crippen molar-refractivity contribution in [1.29, 1.82) is 0 Å². The molecule has 7 nitrogen and oxygen atoms in total. The van der Waals surface area contributed by atoms with Crippen LogP contribution in [-0.2, 0) is 9.84 Å². The first-order valence-corrected chi connectivity index (χ1v) is 11.7. The Morgan fingerprint density at radius 3 is 2.34 bits per heavy atom. The maximum absolute atomic E-state index is 13.3. The molecule has 160 valence electrons. The summed E-state index contributed by atoms with van der Waals surface area (Å²) in [4.78, 5) is 4.85. The molecule has 2 heterocycles. The predicted octanol–water partition coefficient (Wildman–Crippen LogP) is 4.59. The molecule has 0 aliphatic rings. The van der Waals surface area contributed by atoms with Crippen LogP contribution in [0, 0.1) is 6.92 Å². The Balaban J connectivity index is 1.69. The molecule has 0 fully saturated rings. The molecule has 2 aromatic heterocycles. The first-order chi connectivity index (χ1) is 15.4. The first kappa shape index (κ1) is 20.1. The van der Waals surface area contributed by atoms with E-state index >= 15 is 0 Å². The molecule has 5 aromatic rings. The van der Waals surface area contributed by atoms with Crippen LogP contribution in [-0.4, -0.2) is 28.2 Å². The zero-order chi connectivity index (χ0) is 22.3. The summed E-state index contributed by atoms with van der Waals surface area (Å²) in [6, 6.07) is 24.2. The molecule has 3 aromatic carbocycles. The van der Waals surface area contributed by atoms with E-state index in [0.717, 1.165) is 22.0 Å². The number of nitrogens with one attached hydrogen (secondary N) is 1. The predicted molar refractivity (Wildman–Crippen MR) is 123 cm³/mol. The number of hydrogen-bond donors (Lipinski definition) is 1. The molecule has 0 aliphatic heterocycles. The molecule has 1 unspecified atom stereocenters. The summed E-state index contributed by atoms with van der Waals surface area (Å²) in [6.07, 6.45) is 0. The molecule has 32 heavy (non-hydrogen) atoms. The number of para-hydroxylation sites is 1. The zero-order valence-corrected chi connectivity index (χ0v) is 18.4. The largest absolute Gasteiger partial charge is 0.363 e. The van der Waals surface area contributed by atoms with E-state index in [1.54, 1.807) is 24.3 Å². The van der Waals surface area contributed by atoms with Crippen LogP contribution >= 0.6 is 0 Å². The standard InChI is InChI=1S/C24H21N5O2S/c1-16-12-14-19(15-13-16)32(30,31)24-23-26-22(25-17(2)18-8-4-3-5-9-18)20-10-6-7-11-21(20)29(23)28-27-24/h3-15,17H,1-2H3,(H,25,26). The lowest BCUT2D eigenvalue weighted by Gasteiger charge is -2.17. The summed E-state index contributed by atoms with van der Waals surface area (Å²) in [5, 5.41) is 12.3. The summed E-state index contributed by atoms with van der Waals surface area (Å²) in [5.74, 6) is 0.576. The Morgan fingerprint density at radius 1 is 0.906 bits per heavy atom. The normalized spacial score (nSPS) is 12.8. The summed E-state index contributed by atoms with van der Waals surface area (Å²) in [7, 11) is -3.89. The SMILES string of the molecule is Cc1ccc(S(=O)(=O)c2nnn3c2nc(NC(C)c2ccccc2)c2ccccc23)cc1. The van der Waals surface area contributed by atoms with Crippen molar-refractivity contribution in [2.45, 2.75) is 29.8 Å². The number of benzene rings is 3. The van der Waals surface area contributed by atoms with Gasteiger partial charge in [0.25, 0.3) is 0 Å². The van der Waals surface area contributed by atoms with Crippen molar-refractivity contribution < 1.29 is 8.42 Å². The van der Waals surface area contributed by atoms with E-state index < -0.39 is 9.84 Å². The average molecular weight is 444 g/mol. The van der Waals surface area contributed by atoms with Crippen LogP contribution in [0.25, 0.3) is 16.6 Å². The molecule has 5 rings (SSSR count). The number of rotatable bonds is 5. The molecule has 0 bridgehead atoms. The summed E-state index contributed by atoms with van der Waals surface area (Å²) >= 11 is 0. The summed E-state index contributed by atoms with van der Waals surface area (Å²) in [5.41, 5.74) is 2.98. The number of hydrogen-bond acceptors (Lipinski definition) is 6. The molecule has 8 heteroatoms. The van der Waals surface area contributed by atoms with Crippen molar-refractivity contribution >= 4 is 32.2 Å². The van der Waals surface area contributed by atoms with E-state index in [-0.39, 0.29) is 21.6 Å². The highest BCUT2D eigenvalue weighted by Crippen LogP contribution is 2.30. The topological polar surface area (TPSA) is 89.2 Å². The number of fused-ring (bicyclic) bond motifs is 3. The molecular formula is C24H21N5O2S. The third-order valence-electron chi connectivity index (χ3n) is 5.46. The highest BCUT2D eigenvalue weighted by atomic mass is 32.2. The van der Waals surface area contributed by atoms with Crippen molar-refractivity contribution in [1.82, 2.24) is 19.8 Å². The van der Waals surface area contributed by atoms with Gasteiger partial charge in [-0.05, 0) is 43.7 Å². The highest BCUT2D eigenvalue weighted by molar-refractivity contribution is 7.91. The Labute approximate surface area is 185 Å². The third kappa shape index (κ3) is 3.38. The van der Waals surface area contributed by atoms with Gasteiger partial charge in [-0.3, -0.25) is 0 Å². The molecular weight excluding hydrogens is 422 g/mol. The van der Waals surface area contributed by atoms with E-state index in [4.69, 9.17) is 0 Å². The van der Waals surface area contributed by atoms with Crippen LogP contribution in [0.15, 0.2) is 88.8 Å². The number of aromatic nitrogens is 4. The van der Waals surface area contributed by atoms with Crippen LogP contribution < -0.4 is 5.32 Å². The minimum Gasteiger partial charge on any atom is -0.363 e. The van der Waals surface area contributed by atoms with Crippen molar-refractivity contribution in [2.24, 2.45) is 0 Å². The molecule has 0 spiro atoms. The molecule has 0 aliphatic carbocycles. The quantitative estimate of drug-likeness (QED) is 0.427. The highest BCUT2D eigenvalue weighted by Gasteiger charge is 2.27. The van der Waals surface area contributed by atoms with Crippen molar-refractivity contribution in [2.75, 3.05) is 5.32 Å². The van der Waals surface area contributed by atoms with Gasteiger partial charge in [0.05, 0.1) is 10.4 Å². The van der Waals surface area contributed by atoms with Crippen molar-refractivity contribution in [3.63, 3.8) is 0 Å². The van der Waals surface area contributed by atoms with E-state index in [0.29, 0.717) is 5.82 Å². The van der Waals surface area contributed by atoms with Gasteiger partial charge in [0.2, 0.25) is 14.9 Å². The number of sulfone groups is 1. The monoisotopic (exact) mass is 443 g/mol. The first-order valence-electron chi connectivity index (χ1n) is 10.2. The second-order valence-electron chi connectivity index (χ2n) is 7.70. The van der Waals surface area contributed by atoms with E-state index in [1.807, 2.05) is 68.4 Å². The van der Waals surface area contributed by atoms with Crippen LogP contribution in [0.1, 0.15) is 24.1 Å². The zero-order valence-electron chi connectivity index (χ0n) is 17.6. The third-order valence-corrected chi connectivity index (χ3v) is 7.13. The van der Waals surface area contributed by atoms with Gasteiger partial charge in [0.1, 0.15) is 5.82 Å². The maximum atomic E-state index is 13.3. The van der Waals surface area contributed by atoms with Gasteiger partial charge in [0, 0.05) is 11.4 Å². The van der Waals surface area contributed by atoms with Gasteiger partial charge in [-0.25, -0.2) is 13.4 Å². The molecule has 1 atom stereocenters. The van der Waals surface area contributed by atoms with E-state index in [2.05, 4.69) is 20.6 Å². The van der Waals surface area contributed by atoms with Gasteiger partial charge in [-0.2, -0.15) is 4.52 Å². The van der Waals surface area contributed by atoms with Crippen LogP contribution in [0.5, 0.6) is 0 Å². The number of anilines is 1. The van der Waals surface area contributed by atoms with Crippen LogP contribution in [0.3, 0.4) is 0 Å². The van der Waals surface area contributed by atoms with Gasteiger partial charge in [-0.15, -0.1) is 5.10 Å². The molecule has 0 amide bonds. The van der Waals surface area contributed by atoms with Crippen molar-refractivity contribution in [3.8, 4) is 0 Å². The fourth-order valence-electron chi connectivity index (χ4n) is 3.69. The molecule has 1 N–H and O–H groups in total. The fourth-order valence-corrected chi connectivity index (χ4v) is 4.92. The van der Waals surface area contributed by atoms with E-state index in [9.17, 15) is 8.42 Å². The molecule has 0 saturated carbocycles. The Kier molecular flexibility index (Phi) is 4.86. The fraction of sp³-hybridized carbons (Fsp3) is 0.125. The minimum atomic E-state index is -3.89. The van der Waals surface area contributed by atoms with Gasteiger partial charge in [0.15, 0.2) is 5.65 Å². The van der Waals surface area contributed by atoms with Gasteiger partial charge < -0.3 is 5.32 Å². The van der Waals surface area contributed by atoms with Crippen LogP contribution in [0.2, 0.25) is 0 Å². The maximum Gasteiger partial charge on any atom is 0.229 e. The van der Waals surface area contributed by atoms with Gasteiger partial charge in [-0.1, -0.05) is 65.4 Å². The molecule has 0 saturated heterocycles. The second kappa shape index (κ2) is 7.72. The number of aryl methyl sites for hydroxylation is 1. The average Bonchev–Trinajstić information content (AvgIpc) is 3.25. The lowest BCUT2D eigenvalue weighted by Crippen LogP contribution is -2.10.